The molecule has 140 valence electrons. The third kappa shape index (κ3) is 7.19. The van der Waals surface area contributed by atoms with Crippen LogP contribution >= 0.6 is 0 Å². The van der Waals surface area contributed by atoms with Crippen LogP contribution in [-0.4, -0.2) is 47.1 Å². The van der Waals surface area contributed by atoms with Gasteiger partial charge in [0.25, 0.3) is 0 Å². The van der Waals surface area contributed by atoms with E-state index in [1.165, 1.54) is 0 Å². The van der Waals surface area contributed by atoms with Crippen LogP contribution in [0, 0.1) is 18.3 Å². The third-order valence-electron chi connectivity index (χ3n) is 3.68. The molecule has 0 spiro atoms. The molecule has 6 nitrogen and oxygen atoms in total. The van der Waals surface area contributed by atoms with Gasteiger partial charge in [-0.15, -0.1) is 0 Å². The van der Waals surface area contributed by atoms with Crippen LogP contribution < -0.4 is 10.1 Å². The van der Waals surface area contributed by atoms with Gasteiger partial charge in [-0.1, -0.05) is 30.9 Å². The highest BCUT2D eigenvalue weighted by Gasteiger charge is 2.17. The first-order chi connectivity index (χ1) is 12.5. The van der Waals surface area contributed by atoms with Crippen molar-refractivity contribution in [3.8, 4) is 11.9 Å². The Morgan fingerprint density at radius 2 is 2.12 bits per heavy atom. The van der Waals surface area contributed by atoms with E-state index in [2.05, 4.69) is 22.9 Å². The number of aromatic nitrogens is 1. The number of nitrogens with zero attached hydrogens (tertiary/aromatic N) is 2. The Kier molecular flexibility index (Phi) is 9.95. The van der Waals surface area contributed by atoms with Crippen molar-refractivity contribution in [2.45, 2.75) is 32.4 Å². The number of nitrogens with one attached hydrogen (secondary N) is 1. The fraction of sp³-hybridized carbons (Fsp3) is 0.400. The van der Waals surface area contributed by atoms with Crippen molar-refractivity contribution in [3.05, 3.63) is 59.8 Å². The fourth-order valence-electron chi connectivity index (χ4n) is 2.17. The minimum Gasteiger partial charge on any atom is -0.468 e. The zero-order valence-electron chi connectivity index (χ0n) is 15.4. The fourth-order valence-corrected chi connectivity index (χ4v) is 2.17. The number of hydrogen-bond acceptors (Lipinski definition) is 6. The number of nitriles is 1. The van der Waals surface area contributed by atoms with Gasteiger partial charge in [0.1, 0.15) is 17.7 Å². The molecule has 0 aliphatic heterocycles. The van der Waals surface area contributed by atoms with Crippen molar-refractivity contribution < 1.29 is 14.9 Å². The van der Waals surface area contributed by atoms with Gasteiger partial charge in [-0.25, -0.2) is 4.98 Å². The first kappa shape index (κ1) is 21.6. The van der Waals surface area contributed by atoms with E-state index in [1.807, 2.05) is 38.2 Å². The van der Waals surface area contributed by atoms with E-state index in [1.54, 1.807) is 12.1 Å². The number of ether oxygens (including phenoxy) is 1. The van der Waals surface area contributed by atoms with E-state index in [9.17, 15) is 5.26 Å². The predicted octanol–water partition coefficient (Wildman–Crippen LogP) is 2.03. The molecule has 1 atom stereocenters. The molecule has 0 saturated heterocycles. The zero-order valence-corrected chi connectivity index (χ0v) is 15.4. The Morgan fingerprint density at radius 1 is 1.38 bits per heavy atom. The molecule has 0 radical (unpaired) electrons. The van der Waals surface area contributed by atoms with Crippen LogP contribution in [-0.2, 0) is 0 Å². The summed E-state index contributed by atoms with van der Waals surface area (Å²) >= 11 is 0. The maximum Gasteiger partial charge on any atom is 0.232 e. The van der Waals surface area contributed by atoms with Crippen LogP contribution in [0.1, 0.15) is 24.6 Å². The summed E-state index contributed by atoms with van der Waals surface area (Å²) in [4.78, 5) is 4.31. The molecule has 26 heavy (non-hydrogen) atoms. The lowest BCUT2D eigenvalue weighted by molar-refractivity contribution is 0.163. The third-order valence-corrected chi connectivity index (χ3v) is 3.68. The van der Waals surface area contributed by atoms with Gasteiger partial charge in [-0.05, 0) is 38.1 Å². The van der Waals surface area contributed by atoms with Crippen molar-refractivity contribution in [1.82, 2.24) is 10.3 Å². The van der Waals surface area contributed by atoms with E-state index in [0.717, 1.165) is 11.3 Å². The van der Waals surface area contributed by atoms with Gasteiger partial charge < -0.3 is 20.3 Å². The summed E-state index contributed by atoms with van der Waals surface area (Å²) in [6.07, 6.45) is 7.65. The number of allylic oxidation sites excluding steroid dienone is 3. The first-order valence-electron chi connectivity index (χ1n) is 8.53. The van der Waals surface area contributed by atoms with Crippen LogP contribution in [0.3, 0.4) is 0 Å². The summed E-state index contributed by atoms with van der Waals surface area (Å²) in [7, 11) is 0. The van der Waals surface area contributed by atoms with Gasteiger partial charge in [-0.3, -0.25) is 0 Å². The number of aliphatic hydroxyl groups is 2. The van der Waals surface area contributed by atoms with Crippen LogP contribution in [0.15, 0.2) is 48.6 Å². The molecule has 0 fully saturated rings. The summed E-state index contributed by atoms with van der Waals surface area (Å²) in [6, 6.07) is 5.14. The predicted molar refractivity (Wildman–Crippen MR) is 102 cm³/mol. The van der Waals surface area contributed by atoms with Crippen molar-refractivity contribution in [2.24, 2.45) is 0 Å². The van der Waals surface area contributed by atoms with Crippen LogP contribution in [0.4, 0.5) is 0 Å². The molecule has 6 heteroatoms. The number of hydrogen-bond donors (Lipinski definition) is 3. The molecule has 0 saturated carbocycles. The highest BCUT2D eigenvalue weighted by atomic mass is 16.5. The average molecular weight is 357 g/mol. The van der Waals surface area contributed by atoms with Gasteiger partial charge in [0.15, 0.2) is 0 Å². The minimum atomic E-state index is -0.400. The number of aliphatic hydroxyl groups excluding tert-OH is 2. The Bertz CT molecular complexity index is 673. The summed E-state index contributed by atoms with van der Waals surface area (Å²) in [5, 5.41) is 30.6. The molecule has 0 bridgehead atoms. The van der Waals surface area contributed by atoms with Crippen LogP contribution in [0.5, 0.6) is 5.88 Å². The molecular weight excluding hydrogens is 330 g/mol. The zero-order chi connectivity index (χ0) is 19.4. The van der Waals surface area contributed by atoms with E-state index >= 15 is 0 Å². The average Bonchev–Trinajstić information content (AvgIpc) is 2.64. The number of rotatable bonds is 11. The standard InChI is InChI=1S/C20H27N3O3/c1-4-5-6-7-15(2)19(10-11-22-18(13-24)14-25)26-20-17(12-21)9-8-16(3)23-20/h4-9,18-19,22,24-25H,2,10-11,13-14H2,1,3H3/b5-4-,7-6-/t19-/m1/s1. The lowest BCUT2D eigenvalue weighted by atomic mass is 10.1. The summed E-state index contributed by atoms with van der Waals surface area (Å²) in [6.45, 7) is 8.01. The van der Waals surface area contributed by atoms with Crippen LogP contribution in [0.25, 0.3) is 0 Å². The van der Waals surface area contributed by atoms with Crippen molar-refractivity contribution in [2.75, 3.05) is 19.8 Å². The van der Waals surface area contributed by atoms with E-state index in [0.29, 0.717) is 18.5 Å². The number of aryl methyl sites for hydroxylation is 1. The van der Waals surface area contributed by atoms with E-state index in [-0.39, 0.29) is 25.1 Å². The smallest absolute Gasteiger partial charge is 0.232 e. The minimum absolute atomic E-state index is 0.151. The summed E-state index contributed by atoms with van der Waals surface area (Å²) in [5.74, 6) is 0.277. The largest absolute Gasteiger partial charge is 0.468 e. The second-order valence-corrected chi connectivity index (χ2v) is 5.79. The molecule has 1 heterocycles. The Morgan fingerprint density at radius 3 is 2.73 bits per heavy atom. The SMILES string of the molecule is C=C(/C=C\C=C/C)[C@@H](CCNC(CO)CO)Oc1nc(C)ccc1C#N. The molecule has 0 aliphatic carbocycles. The lowest BCUT2D eigenvalue weighted by Crippen LogP contribution is -2.38. The summed E-state index contributed by atoms with van der Waals surface area (Å²) in [5.41, 5.74) is 1.86. The Hall–Kier alpha value is -2.46. The second kappa shape index (κ2) is 12.0. The molecule has 1 rings (SSSR count). The van der Waals surface area contributed by atoms with Crippen molar-refractivity contribution >= 4 is 0 Å². The maximum atomic E-state index is 9.26. The van der Waals surface area contributed by atoms with Gasteiger partial charge in [0, 0.05) is 12.1 Å². The monoisotopic (exact) mass is 357 g/mol. The molecule has 1 aromatic heterocycles. The summed E-state index contributed by atoms with van der Waals surface area (Å²) < 4.78 is 5.99. The highest BCUT2D eigenvalue weighted by molar-refractivity contribution is 5.39. The topological polar surface area (TPSA) is 98.4 Å². The molecule has 0 aromatic carbocycles. The quantitative estimate of drug-likeness (QED) is 0.524. The molecule has 0 amide bonds. The normalized spacial score (nSPS) is 12.6. The Labute approximate surface area is 155 Å². The molecule has 3 N–H and O–H groups in total. The van der Waals surface area contributed by atoms with Gasteiger partial charge >= 0.3 is 0 Å². The molecule has 0 aliphatic rings. The maximum absolute atomic E-state index is 9.26. The molecular formula is C20H27N3O3. The highest BCUT2D eigenvalue weighted by Crippen LogP contribution is 2.20. The number of pyridine rings is 1. The van der Waals surface area contributed by atoms with Gasteiger partial charge in [-0.2, -0.15) is 5.26 Å². The molecule has 1 aromatic rings. The van der Waals surface area contributed by atoms with Crippen molar-refractivity contribution in [1.29, 1.82) is 5.26 Å². The second-order valence-electron chi connectivity index (χ2n) is 5.79. The Balaban J connectivity index is 2.91. The van der Waals surface area contributed by atoms with Crippen LogP contribution in [0.2, 0.25) is 0 Å². The first-order valence-corrected chi connectivity index (χ1v) is 8.53. The van der Waals surface area contributed by atoms with E-state index < -0.39 is 6.10 Å². The lowest BCUT2D eigenvalue weighted by Gasteiger charge is -2.21. The van der Waals surface area contributed by atoms with Gasteiger partial charge in [0.2, 0.25) is 5.88 Å². The van der Waals surface area contributed by atoms with Crippen molar-refractivity contribution in [3.63, 3.8) is 0 Å². The van der Waals surface area contributed by atoms with E-state index in [4.69, 9.17) is 14.9 Å². The molecule has 0 unspecified atom stereocenters. The van der Waals surface area contributed by atoms with Gasteiger partial charge in [0.05, 0.1) is 19.3 Å².